The first-order valence-corrected chi connectivity index (χ1v) is 15.0. The Morgan fingerprint density at radius 1 is 0.973 bits per heavy atom. The molecule has 1 aromatic carbocycles. The summed E-state index contributed by atoms with van der Waals surface area (Å²) >= 11 is 12.1. The first-order chi connectivity index (χ1) is 18.0. The lowest BCUT2D eigenvalue weighted by molar-refractivity contribution is 0.435. The third kappa shape index (κ3) is 6.48. The number of aromatic nitrogens is 2. The molecule has 3 heterocycles. The monoisotopic (exact) mass is 540 g/mol. The highest BCUT2D eigenvalue weighted by Crippen LogP contribution is 2.41. The Kier molecular flexibility index (Phi) is 8.71. The van der Waals surface area contributed by atoms with Crippen LogP contribution in [0.5, 0.6) is 0 Å². The van der Waals surface area contributed by atoms with Gasteiger partial charge >= 0.3 is 0 Å². The molecule has 8 heteroatoms. The van der Waals surface area contributed by atoms with Gasteiger partial charge < -0.3 is 20.4 Å². The van der Waals surface area contributed by atoms with Gasteiger partial charge in [0.05, 0.1) is 0 Å². The van der Waals surface area contributed by atoms with E-state index in [1.165, 1.54) is 63.4 Å². The van der Waals surface area contributed by atoms with E-state index < -0.39 is 0 Å². The second-order valence-corrected chi connectivity index (χ2v) is 12.0. The van der Waals surface area contributed by atoms with Crippen LogP contribution in [0, 0.1) is 0 Å². The Bertz CT molecular complexity index is 1060. The maximum absolute atomic E-state index is 6.35. The highest BCUT2D eigenvalue weighted by Gasteiger charge is 2.36. The van der Waals surface area contributed by atoms with Gasteiger partial charge in [0.25, 0.3) is 0 Å². The van der Waals surface area contributed by atoms with Crippen LogP contribution in [0.25, 0.3) is 0 Å². The van der Waals surface area contributed by atoms with E-state index in [0.717, 1.165) is 55.7 Å². The zero-order valence-electron chi connectivity index (χ0n) is 22.1. The summed E-state index contributed by atoms with van der Waals surface area (Å²) in [7, 11) is 0. The molecule has 1 aliphatic carbocycles. The molecule has 1 saturated carbocycles. The standard InChI is InChI=1S/C29H41ClN6S/c1-22-11-4-9-18-36(22)26-20-25(35-16-7-2-3-8-17-35)32-27(33-26)34-28(37)31-21-29(14-5-6-15-29)23-12-10-13-24(30)19-23/h10,12-13,19-20,22H,2-9,11,14-18,21H2,1H3,(H2,31,32,33,34,37)/t22-/m1/s1. The second kappa shape index (κ2) is 12.2. The number of benzene rings is 1. The Morgan fingerprint density at radius 3 is 2.43 bits per heavy atom. The van der Waals surface area contributed by atoms with Crippen LogP contribution in [-0.2, 0) is 5.41 Å². The maximum atomic E-state index is 6.35. The molecule has 3 fully saturated rings. The van der Waals surface area contributed by atoms with Crippen molar-refractivity contribution >= 4 is 46.5 Å². The molecule has 6 nitrogen and oxygen atoms in total. The van der Waals surface area contributed by atoms with E-state index in [0.29, 0.717) is 17.1 Å². The van der Waals surface area contributed by atoms with Crippen molar-refractivity contribution in [2.75, 3.05) is 41.3 Å². The predicted molar refractivity (Wildman–Crippen MR) is 159 cm³/mol. The number of hydrogen-bond donors (Lipinski definition) is 2. The van der Waals surface area contributed by atoms with Crippen LogP contribution in [0.1, 0.15) is 83.1 Å². The van der Waals surface area contributed by atoms with Crippen molar-refractivity contribution < 1.29 is 0 Å². The summed E-state index contributed by atoms with van der Waals surface area (Å²) in [6.07, 6.45) is 13.5. The molecule has 0 radical (unpaired) electrons. The lowest BCUT2D eigenvalue weighted by Crippen LogP contribution is -2.41. The molecule has 0 bridgehead atoms. The predicted octanol–water partition coefficient (Wildman–Crippen LogP) is 6.69. The molecule has 2 aliphatic heterocycles. The Hall–Kier alpha value is -2.12. The Labute approximate surface area is 232 Å². The molecule has 5 rings (SSSR count). The van der Waals surface area contributed by atoms with Crippen LogP contribution in [0.15, 0.2) is 30.3 Å². The fourth-order valence-corrected chi connectivity index (χ4v) is 6.71. The average Bonchev–Trinajstić information content (AvgIpc) is 3.22. The number of halogens is 1. The van der Waals surface area contributed by atoms with Crippen LogP contribution in [-0.4, -0.2) is 47.3 Å². The summed E-state index contributed by atoms with van der Waals surface area (Å²) in [6.45, 7) is 6.23. The van der Waals surface area contributed by atoms with Crippen LogP contribution >= 0.6 is 23.8 Å². The second-order valence-electron chi connectivity index (χ2n) is 11.2. The molecular formula is C29H41ClN6S. The lowest BCUT2D eigenvalue weighted by atomic mass is 9.79. The van der Waals surface area contributed by atoms with E-state index in [4.69, 9.17) is 33.8 Å². The lowest BCUT2D eigenvalue weighted by Gasteiger charge is -2.35. The van der Waals surface area contributed by atoms with Gasteiger partial charge in [-0.1, -0.05) is 49.4 Å². The molecule has 2 aromatic rings. The fraction of sp³-hybridized carbons (Fsp3) is 0.621. The zero-order valence-corrected chi connectivity index (χ0v) is 23.7. The largest absolute Gasteiger partial charge is 0.361 e. The first-order valence-electron chi connectivity index (χ1n) is 14.2. The van der Waals surface area contributed by atoms with Crippen LogP contribution in [0.2, 0.25) is 5.02 Å². The minimum absolute atomic E-state index is 0.0553. The topological polar surface area (TPSA) is 56.3 Å². The Balaban J connectivity index is 1.33. The van der Waals surface area contributed by atoms with Gasteiger partial charge in [-0.15, -0.1) is 0 Å². The van der Waals surface area contributed by atoms with Gasteiger partial charge in [0.2, 0.25) is 5.95 Å². The van der Waals surface area contributed by atoms with E-state index in [1.807, 2.05) is 6.07 Å². The van der Waals surface area contributed by atoms with Gasteiger partial charge in [-0.25, -0.2) is 0 Å². The van der Waals surface area contributed by atoms with E-state index in [-0.39, 0.29) is 5.41 Å². The van der Waals surface area contributed by atoms with Gasteiger partial charge in [-0.3, -0.25) is 0 Å². The number of nitrogens with one attached hydrogen (secondary N) is 2. The highest BCUT2D eigenvalue weighted by molar-refractivity contribution is 7.80. The minimum Gasteiger partial charge on any atom is -0.361 e. The van der Waals surface area contributed by atoms with Crippen molar-refractivity contribution in [3.05, 3.63) is 40.9 Å². The molecule has 1 aromatic heterocycles. The number of hydrogen-bond acceptors (Lipinski definition) is 5. The third-order valence-electron chi connectivity index (χ3n) is 8.54. The number of nitrogens with zero attached hydrogens (tertiary/aromatic N) is 4. The molecule has 2 saturated heterocycles. The van der Waals surface area contributed by atoms with Crippen molar-refractivity contribution in [2.24, 2.45) is 0 Å². The number of piperidine rings is 1. The van der Waals surface area contributed by atoms with Crippen LogP contribution in [0.4, 0.5) is 17.6 Å². The quantitative estimate of drug-likeness (QED) is 0.396. The summed E-state index contributed by atoms with van der Waals surface area (Å²) in [4.78, 5) is 14.8. The molecule has 0 amide bonds. The smallest absolute Gasteiger partial charge is 0.232 e. The van der Waals surface area contributed by atoms with E-state index >= 15 is 0 Å². The molecule has 0 unspecified atom stereocenters. The van der Waals surface area contributed by atoms with E-state index in [1.54, 1.807) is 0 Å². The van der Waals surface area contributed by atoms with Gasteiger partial charge in [0.1, 0.15) is 11.6 Å². The minimum atomic E-state index is 0.0553. The molecule has 3 aliphatic rings. The molecule has 1 atom stereocenters. The van der Waals surface area contributed by atoms with Gasteiger partial charge in [-0.2, -0.15) is 9.97 Å². The van der Waals surface area contributed by atoms with Gasteiger partial charge in [0.15, 0.2) is 5.11 Å². The summed E-state index contributed by atoms with van der Waals surface area (Å²) < 4.78 is 0. The summed E-state index contributed by atoms with van der Waals surface area (Å²) in [6, 6.07) is 11.0. The van der Waals surface area contributed by atoms with Crippen molar-refractivity contribution in [3.63, 3.8) is 0 Å². The Morgan fingerprint density at radius 2 is 1.70 bits per heavy atom. The van der Waals surface area contributed by atoms with Crippen molar-refractivity contribution in [1.82, 2.24) is 15.3 Å². The fourth-order valence-electron chi connectivity index (χ4n) is 6.36. The van der Waals surface area contributed by atoms with E-state index in [2.05, 4.69) is 51.6 Å². The van der Waals surface area contributed by atoms with Gasteiger partial charge in [-0.05, 0) is 81.8 Å². The van der Waals surface area contributed by atoms with Crippen LogP contribution < -0.4 is 20.4 Å². The number of rotatable bonds is 6. The highest BCUT2D eigenvalue weighted by atomic mass is 35.5. The van der Waals surface area contributed by atoms with Crippen molar-refractivity contribution in [3.8, 4) is 0 Å². The molecule has 0 spiro atoms. The summed E-state index contributed by atoms with van der Waals surface area (Å²) in [5.74, 6) is 2.62. The number of thiocarbonyl (C=S) groups is 1. The zero-order chi connectivity index (χ0) is 25.7. The molecule has 37 heavy (non-hydrogen) atoms. The maximum Gasteiger partial charge on any atom is 0.232 e. The molecule has 200 valence electrons. The normalized spacial score (nSPS) is 21.9. The van der Waals surface area contributed by atoms with Gasteiger partial charge in [0, 0.05) is 48.7 Å². The summed E-state index contributed by atoms with van der Waals surface area (Å²) in [5.41, 5.74) is 1.35. The SMILES string of the molecule is C[C@@H]1CCCCN1c1cc(N2CCCCCC2)nc(NC(=S)NCC2(c3cccc(Cl)c3)CCCC2)n1. The third-order valence-corrected chi connectivity index (χ3v) is 9.02. The van der Waals surface area contributed by atoms with Crippen molar-refractivity contribution in [2.45, 2.75) is 89.0 Å². The van der Waals surface area contributed by atoms with E-state index in [9.17, 15) is 0 Å². The summed E-state index contributed by atoms with van der Waals surface area (Å²) in [5, 5.41) is 8.25. The average molecular weight is 541 g/mol. The molecule has 2 N–H and O–H groups in total. The van der Waals surface area contributed by atoms with Crippen LogP contribution in [0.3, 0.4) is 0 Å². The number of anilines is 3. The first kappa shape index (κ1) is 26.5. The van der Waals surface area contributed by atoms with Crippen molar-refractivity contribution in [1.29, 1.82) is 0 Å². The molecular weight excluding hydrogens is 500 g/mol.